The minimum absolute atomic E-state index is 0.0306. The van der Waals surface area contributed by atoms with Crippen molar-refractivity contribution in [3.05, 3.63) is 65.0 Å². The van der Waals surface area contributed by atoms with E-state index in [0.29, 0.717) is 24.9 Å². The van der Waals surface area contributed by atoms with E-state index in [-0.39, 0.29) is 11.8 Å². The van der Waals surface area contributed by atoms with E-state index in [4.69, 9.17) is 0 Å². The molecule has 1 heterocycles. The SMILES string of the molecule is CNC(=O)c1cccc(CCC(=O)NCCCc2ncccc2C)c1. The fourth-order valence-corrected chi connectivity index (χ4v) is 2.62. The van der Waals surface area contributed by atoms with Crippen LogP contribution in [0.2, 0.25) is 0 Å². The second-order valence-electron chi connectivity index (χ2n) is 6.00. The normalized spacial score (nSPS) is 10.3. The Balaban J connectivity index is 1.70. The molecule has 2 amide bonds. The molecule has 1 aromatic carbocycles. The summed E-state index contributed by atoms with van der Waals surface area (Å²) in [5.41, 5.74) is 3.87. The van der Waals surface area contributed by atoms with Crippen LogP contribution in [0.3, 0.4) is 0 Å². The predicted octanol–water partition coefficient (Wildman–Crippen LogP) is 2.43. The Morgan fingerprint density at radius 2 is 1.96 bits per heavy atom. The second kappa shape index (κ2) is 9.57. The number of amides is 2. The van der Waals surface area contributed by atoms with Gasteiger partial charge in [-0.2, -0.15) is 0 Å². The molecular formula is C20H25N3O2. The van der Waals surface area contributed by atoms with Gasteiger partial charge in [0.05, 0.1) is 0 Å². The smallest absolute Gasteiger partial charge is 0.251 e. The third-order valence-electron chi connectivity index (χ3n) is 4.09. The monoisotopic (exact) mass is 339 g/mol. The molecular weight excluding hydrogens is 314 g/mol. The van der Waals surface area contributed by atoms with Gasteiger partial charge < -0.3 is 10.6 Å². The Morgan fingerprint density at radius 3 is 2.72 bits per heavy atom. The van der Waals surface area contributed by atoms with Gasteiger partial charge >= 0.3 is 0 Å². The maximum Gasteiger partial charge on any atom is 0.251 e. The first-order valence-electron chi connectivity index (χ1n) is 8.58. The molecule has 0 radical (unpaired) electrons. The molecule has 132 valence electrons. The number of benzene rings is 1. The molecule has 2 rings (SSSR count). The number of hydrogen-bond donors (Lipinski definition) is 2. The van der Waals surface area contributed by atoms with E-state index in [0.717, 1.165) is 24.1 Å². The van der Waals surface area contributed by atoms with Crippen molar-refractivity contribution in [3.63, 3.8) is 0 Å². The number of carbonyl (C=O) groups excluding carboxylic acids is 2. The number of nitrogens with one attached hydrogen (secondary N) is 2. The van der Waals surface area contributed by atoms with Crippen molar-refractivity contribution >= 4 is 11.8 Å². The van der Waals surface area contributed by atoms with E-state index in [9.17, 15) is 9.59 Å². The first-order chi connectivity index (χ1) is 12.1. The van der Waals surface area contributed by atoms with Gasteiger partial charge in [0.25, 0.3) is 5.91 Å². The summed E-state index contributed by atoms with van der Waals surface area (Å²) < 4.78 is 0. The molecule has 0 aliphatic carbocycles. The van der Waals surface area contributed by atoms with E-state index in [1.165, 1.54) is 5.56 Å². The minimum atomic E-state index is -0.115. The summed E-state index contributed by atoms with van der Waals surface area (Å²) in [6.07, 6.45) is 4.57. The third-order valence-corrected chi connectivity index (χ3v) is 4.09. The van der Waals surface area contributed by atoms with Crippen LogP contribution in [-0.4, -0.2) is 30.4 Å². The maximum atomic E-state index is 12.0. The zero-order valence-corrected chi connectivity index (χ0v) is 14.8. The Kier molecular flexibility index (Phi) is 7.14. The Morgan fingerprint density at radius 1 is 1.12 bits per heavy atom. The molecule has 1 aromatic heterocycles. The molecule has 0 saturated carbocycles. The standard InChI is InChI=1S/C20H25N3O2/c1-15-6-4-12-22-18(15)9-5-13-23-19(24)11-10-16-7-3-8-17(14-16)20(25)21-2/h3-4,6-8,12,14H,5,9-11,13H2,1-2H3,(H,21,25)(H,23,24). The average molecular weight is 339 g/mol. The first kappa shape index (κ1) is 18.6. The van der Waals surface area contributed by atoms with Crippen molar-refractivity contribution in [3.8, 4) is 0 Å². The van der Waals surface area contributed by atoms with Gasteiger partial charge in [-0.25, -0.2) is 0 Å². The minimum Gasteiger partial charge on any atom is -0.356 e. The number of nitrogens with zero attached hydrogens (tertiary/aromatic N) is 1. The highest BCUT2D eigenvalue weighted by molar-refractivity contribution is 5.94. The van der Waals surface area contributed by atoms with Crippen LogP contribution >= 0.6 is 0 Å². The van der Waals surface area contributed by atoms with Crippen molar-refractivity contribution in [2.45, 2.75) is 32.6 Å². The van der Waals surface area contributed by atoms with Crippen LogP contribution in [-0.2, 0) is 17.6 Å². The van der Waals surface area contributed by atoms with Crippen LogP contribution in [0.15, 0.2) is 42.6 Å². The first-order valence-corrected chi connectivity index (χ1v) is 8.58. The Bertz CT molecular complexity index is 728. The summed E-state index contributed by atoms with van der Waals surface area (Å²) in [6.45, 7) is 2.70. The van der Waals surface area contributed by atoms with Crippen LogP contribution in [0.5, 0.6) is 0 Å². The number of rotatable bonds is 8. The number of pyridine rings is 1. The molecule has 0 spiro atoms. The molecule has 25 heavy (non-hydrogen) atoms. The maximum absolute atomic E-state index is 12.0. The highest BCUT2D eigenvalue weighted by Gasteiger charge is 2.06. The topological polar surface area (TPSA) is 71.1 Å². The lowest BCUT2D eigenvalue weighted by molar-refractivity contribution is -0.121. The largest absolute Gasteiger partial charge is 0.356 e. The van der Waals surface area contributed by atoms with Gasteiger partial charge in [0.1, 0.15) is 0 Å². The van der Waals surface area contributed by atoms with E-state index in [1.807, 2.05) is 37.3 Å². The average Bonchev–Trinajstić information content (AvgIpc) is 2.64. The number of aromatic nitrogens is 1. The van der Waals surface area contributed by atoms with Crippen LogP contribution in [0.25, 0.3) is 0 Å². The van der Waals surface area contributed by atoms with Crippen molar-refractivity contribution < 1.29 is 9.59 Å². The summed E-state index contributed by atoms with van der Waals surface area (Å²) in [6, 6.07) is 11.3. The molecule has 0 aliphatic heterocycles. The molecule has 0 saturated heterocycles. The van der Waals surface area contributed by atoms with E-state index < -0.39 is 0 Å². The van der Waals surface area contributed by atoms with Gasteiger partial charge in [-0.1, -0.05) is 18.2 Å². The van der Waals surface area contributed by atoms with Gasteiger partial charge in [0.2, 0.25) is 5.91 Å². The van der Waals surface area contributed by atoms with Gasteiger partial charge in [0, 0.05) is 37.5 Å². The van der Waals surface area contributed by atoms with Crippen molar-refractivity contribution in [1.82, 2.24) is 15.6 Å². The highest BCUT2D eigenvalue weighted by Crippen LogP contribution is 2.08. The van der Waals surface area contributed by atoms with Crippen LogP contribution in [0, 0.1) is 6.92 Å². The zero-order valence-electron chi connectivity index (χ0n) is 14.8. The van der Waals surface area contributed by atoms with Gasteiger partial charge in [-0.3, -0.25) is 14.6 Å². The lowest BCUT2D eigenvalue weighted by Crippen LogP contribution is -2.25. The summed E-state index contributed by atoms with van der Waals surface area (Å²) in [5.74, 6) is -0.0841. The molecule has 0 fully saturated rings. The quantitative estimate of drug-likeness (QED) is 0.726. The highest BCUT2D eigenvalue weighted by atomic mass is 16.2. The van der Waals surface area contributed by atoms with Crippen LogP contribution in [0.1, 0.15) is 40.0 Å². The Hall–Kier alpha value is -2.69. The number of carbonyl (C=O) groups is 2. The summed E-state index contributed by atoms with van der Waals surface area (Å²) in [5, 5.41) is 5.55. The lowest BCUT2D eigenvalue weighted by atomic mass is 10.1. The third kappa shape index (κ3) is 6.03. The van der Waals surface area contributed by atoms with E-state index in [2.05, 4.69) is 15.6 Å². The van der Waals surface area contributed by atoms with Crippen molar-refractivity contribution in [2.24, 2.45) is 0 Å². The second-order valence-corrected chi connectivity index (χ2v) is 6.00. The lowest BCUT2D eigenvalue weighted by Gasteiger charge is -2.07. The summed E-state index contributed by atoms with van der Waals surface area (Å²) >= 11 is 0. The molecule has 2 N–H and O–H groups in total. The molecule has 5 nitrogen and oxygen atoms in total. The van der Waals surface area contributed by atoms with Crippen molar-refractivity contribution in [1.29, 1.82) is 0 Å². The van der Waals surface area contributed by atoms with Gasteiger partial charge in [0.15, 0.2) is 0 Å². The van der Waals surface area contributed by atoms with Gasteiger partial charge in [-0.15, -0.1) is 0 Å². The molecule has 0 unspecified atom stereocenters. The summed E-state index contributed by atoms with van der Waals surface area (Å²) in [7, 11) is 1.61. The zero-order chi connectivity index (χ0) is 18.1. The predicted molar refractivity (Wildman–Crippen MR) is 98.5 cm³/mol. The molecule has 2 aromatic rings. The van der Waals surface area contributed by atoms with E-state index in [1.54, 1.807) is 19.3 Å². The molecule has 0 bridgehead atoms. The van der Waals surface area contributed by atoms with Crippen LogP contribution < -0.4 is 10.6 Å². The summed E-state index contributed by atoms with van der Waals surface area (Å²) in [4.78, 5) is 27.9. The van der Waals surface area contributed by atoms with Crippen LogP contribution in [0.4, 0.5) is 0 Å². The van der Waals surface area contributed by atoms with E-state index >= 15 is 0 Å². The van der Waals surface area contributed by atoms with Gasteiger partial charge in [-0.05, 0) is 55.5 Å². The van der Waals surface area contributed by atoms with Crippen molar-refractivity contribution in [2.75, 3.05) is 13.6 Å². The molecule has 5 heteroatoms. The fraction of sp³-hybridized carbons (Fsp3) is 0.350. The number of hydrogen-bond acceptors (Lipinski definition) is 3. The Labute approximate surface area is 148 Å². The fourth-order valence-electron chi connectivity index (χ4n) is 2.62. The molecule has 0 aliphatic rings. The molecule has 0 atom stereocenters. The number of aryl methyl sites for hydroxylation is 3.